The topological polar surface area (TPSA) is 37.3 Å². The van der Waals surface area contributed by atoms with E-state index in [1.807, 2.05) is 0 Å². The zero-order valence-electron chi connectivity index (χ0n) is 10.3. The molecule has 0 saturated heterocycles. The largest absolute Gasteiger partial charge is 0.507 e. The summed E-state index contributed by atoms with van der Waals surface area (Å²) in [6.07, 6.45) is 0. The SMILES string of the molecule is [2H]C([2H])([2H])C(=O)c1c(O)ccc2ccccc12. The zero-order chi connectivity index (χ0) is 12.6. The Hall–Kier alpha value is -1.83. The van der Waals surface area contributed by atoms with E-state index in [2.05, 4.69) is 0 Å². The first kappa shape index (κ1) is 5.81. The fourth-order valence-electron chi connectivity index (χ4n) is 1.50. The van der Waals surface area contributed by atoms with Gasteiger partial charge < -0.3 is 5.11 Å². The van der Waals surface area contributed by atoms with Crippen molar-refractivity contribution in [3.8, 4) is 5.75 Å². The number of phenols is 1. The molecule has 0 aliphatic rings. The number of carbonyl (C=O) groups excluding carboxylic acids is 1. The van der Waals surface area contributed by atoms with E-state index >= 15 is 0 Å². The number of hydrogen-bond donors (Lipinski definition) is 1. The highest BCUT2D eigenvalue weighted by atomic mass is 16.3. The second-order valence-corrected chi connectivity index (χ2v) is 3.01. The molecule has 14 heavy (non-hydrogen) atoms. The van der Waals surface area contributed by atoms with Crippen LogP contribution >= 0.6 is 0 Å². The van der Waals surface area contributed by atoms with Crippen molar-refractivity contribution in [3.63, 3.8) is 0 Å². The van der Waals surface area contributed by atoms with Gasteiger partial charge in [0, 0.05) is 4.11 Å². The van der Waals surface area contributed by atoms with Gasteiger partial charge in [0.05, 0.1) is 5.56 Å². The smallest absolute Gasteiger partial charge is 0.164 e. The van der Waals surface area contributed by atoms with Crippen LogP contribution in [0.15, 0.2) is 36.4 Å². The maximum Gasteiger partial charge on any atom is 0.164 e. The Morgan fingerprint density at radius 1 is 1.29 bits per heavy atom. The van der Waals surface area contributed by atoms with E-state index in [9.17, 15) is 9.90 Å². The van der Waals surface area contributed by atoms with Crippen LogP contribution in [0.2, 0.25) is 0 Å². The molecule has 2 nitrogen and oxygen atoms in total. The fraction of sp³-hybridized carbons (Fsp3) is 0.0833. The van der Waals surface area contributed by atoms with E-state index in [0.717, 1.165) is 5.39 Å². The molecule has 1 N–H and O–H groups in total. The van der Waals surface area contributed by atoms with Crippen molar-refractivity contribution in [2.45, 2.75) is 6.85 Å². The molecule has 0 heterocycles. The number of fused-ring (bicyclic) bond motifs is 1. The van der Waals surface area contributed by atoms with Crippen molar-refractivity contribution in [2.24, 2.45) is 0 Å². The van der Waals surface area contributed by atoms with Crippen LogP contribution in [0.4, 0.5) is 0 Å². The molecule has 0 bridgehead atoms. The Balaban J connectivity index is 2.76. The molecule has 2 rings (SSSR count). The van der Waals surface area contributed by atoms with Crippen molar-refractivity contribution in [1.82, 2.24) is 0 Å². The number of hydrogen-bond acceptors (Lipinski definition) is 2. The Labute approximate surface area is 86.0 Å². The van der Waals surface area contributed by atoms with Crippen LogP contribution in [-0.4, -0.2) is 10.9 Å². The van der Waals surface area contributed by atoms with E-state index in [1.54, 1.807) is 30.3 Å². The molecule has 2 aromatic carbocycles. The van der Waals surface area contributed by atoms with Crippen LogP contribution in [0.3, 0.4) is 0 Å². The summed E-state index contributed by atoms with van der Waals surface area (Å²) in [6, 6.07) is 9.82. The third-order valence-corrected chi connectivity index (χ3v) is 2.13. The van der Waals surface area contributed by atoms with Gasteiger partial charge in [-0.3, -0.25) is 4.79 Å². The maximum atomic E-state index is 11.8. The van der Waals surface area contributed by atoms with Gasteiger partial charge in [0.25, 0.3) is 0 Å². The molecule has 0 saturated carbocycles. The first-order valence-electron chi connectivity index (χ1n) is 5.67. The molecule has 0 aliphatic carbocycles. The lowest BCUT2D eigenvalue weighted by molar-refractivity contribution is 0.101. The van der Waals surface area contributed by atoms with E-state index in [1.165, 1.54) is 6.07 Å². The standard InChI is InChI=1S/C12H10O2/c1-8(13)12-10-5-3-2-4-9(10)6-7-11(12)14/h2-7,14H,1H3/i1D3. The van der Waals surface area contributed by atoms with Crippen molar-refractivity contribution in [2.75, 3.05) is 0 Å². The zero-order valence-corrected chi connectivity index (χ0v) is 7.32. The predicted octanol–water partition coefficient (Wildman–Crippen LogP) is 2.75. The summed E-state index contributed by atoms with van der Waals surface area (Å²) in [5.74, 6) is -1.34. The molecular weight excluding hydrogens is 176 g/mol. The summed E-state index contributed by atoms with van der Waals surface area (Å²) in [7, 11) is 0. The number of rotatable bonds is 1. The summed E-state index contributed by atoms with van der Waals surface area (Å²) in [4.78, 5) is 11.8. The number of ketones is 1. The number of aromatic hydroxyl groups is 1. The molecule has 0 aromatic heterocycles. The average molecular weight is 189 g/mol. The summed E-state index contributed by atoms with van der Waals surface area (Å²) >= 11 is 0. The lowest BCUT2D eigenvalue weighted by Crippen LogP contribution is -1.94. The Morgan fingerprint density at radius 3 is 2.86 bits per heavy atom. The van der Waals surface area contributed by atoms with Crippen molar-refractivity contribution in [3.05, 3.63) is 42.0 Å². The van der Waals surface area contributed by atoms with Crippen LogP contribution < -0.4 is 0 Å². The van der Waals surface area contributed by atoms with Crippen molar-refractivity contribution >= 4 is 16.6 Å². The minimum absolute atomic E-state index is 0.136. The Morgan fingerprint density at radius 2 is 2.07 bits per heavy atom. The van der Waals surface area contributed by atoms with Crippen LogP contribution in [-0.2, 0) is 0 Å². The van der Waals surface area contributed by atoms with Gasteiger partial charge in [0.15, 0.2) is 5.78 Å². The summed E-state index contributed by atoms with van der Waals surface area (Å²) < 4.78 is 21.4. The quantitative estimate of drug-likeness (QED) is 0.700. The van der Waals surface area contributed by atoms with Gasteiger partial charge >= 0.3 is 0 Å². The van der Waals surface area contributed by atoms with Crippen LogP contribution in [0.1, 0.15) is 21.3 Å². The first-order chi connectivity index (χ1) is 7.91. The highest BCUT2D eigenvalue weighted by Crippen LogP contribution is 2.27. The van der Waals surface area contributed by atoms with Crippen molar-refractivity contribution in [1.29, 1.82) is 0 Å². The highest BCUT2D eigenvalue weighted by Gasteiger charge is 2.10. The molecule has 0 radical (unpaired) electrons. The first-order valence-corrected chi connectivity index (χ1v) is 4.17. The van der Waals surface area contributed by atoms with Crippen LogP contribution in [0, 0.1) is 0 Å². The van der Waals surface area contributed by atoms with Crippen LogP contribution in [0.5, 0.6) is 5.75 Å². The molecule has 2 aromatic rings. The molecule has 2 heteroatoms. The Bertz CT molecular complexity index is 588. The van der Waals surface area contributed by atoms with E-state index in [-0.39, 0.29) is 11.3 Å². The lowest BCUT2D eigenvalue weighted by Gasteiger charge is -2.05. The van der Waals surface area contributed by atoms with E-state index in [0.29, 0.717) is 5.39 Å². The monoisotopic (exact) mass is 189 g/mol. The molecular formula is C12H10O2. The molecule has 70 valence electrons. The number of phenolic OH excluding ortho intramolecular Hbond substituents is 1. The van der Waals surface area contributed by atoms with Gasteiger partial charge in [-0.1, -0.05) is 30.3 Å². The molecule has 0 amide bonds. The van der Waals surface area contributed by atoms with Gasteiger partial charge in [0.2, 0.25) is 0 Å². The maximum absolute atomic E-state index is 11.8. The average Bonchev–Trinajstić information content (AvgIpc) is 2.27. The normalized spacial score (nSPS) is 14.4. The summed E-state index contributed by atoms with van der Waals surface area (Å²) in [5, 5.41) is 10.8. The van der Waals surface area contributed by atoms with Gasteiger partial charge in [-0.05, 0) is 23.7 Å². The summed E-state index contributed by atoms with van der Waals surface area (Å²) in [6.45, 7) is -2.75. The van der Waals surface area contributed by atoms with Gasteiger partial charge in [-0.15, -0.1) is 0 Å². The highest BCUT2D eigenvalue weighted by molar-refractivity contribution is 6.09. The second kappa shape index (κ2) is 3.14. The summed E-state index contributed by atoms with van der Waals surface area (Å²) in [5.41, 5.74) is -0.136. The number of carbonyl (C=O) groups is 1. The van der Waals surface area contributed by atoms with E-state index < -0.39 is 12.6 Å². The minimum Gasteiger partial charge on any atom is -0.507 e. The van der Waals surface area contributed by atoms with Gasteiger partial charge in [-0.2, -0.15) is 0 Å². The third-order valence-electron chi connectivity index (χ3n) is 2.13. The second-order valence-electron chi connectivity index (χ2n) is 3.01. The lowest BCUT2D eigenvalue weighted by atomic mass is 10.0. The minimum atomic E-state index is -2.75. The molecule has 0 atom stereocenters. The van der Waals surface area contributed by atoms with E-state index in [4.69, 9.17) is 4.11 Å². The number of Topliss-reactive ketones (excluding diaryl/α,β-unsaturated/α-hetero) is 1. The molecule has 0 fully saturated rings. The fourth-order valence-corrected chi connectivity index (χ4v) is 1.50. The Kier molecular flexibility index (Phi) is 1.30. The molecule has 0 spiro atoms. The van der Waals surface area contributed by atoms with Gasteiger partial charge in [-0.25, -0.2) is 0 Å². The predicted molar refractivity (Wildman–Crippen MR) is 55.6 cm³/mol. The molecule has 0 unspecified atom stereocenters. The van der Waals surface area contributed by atoms with Crippen LogP contribution in [0.25, 0.3) is 10.8 Å². The molecule has 0 aliphatic heterocycles. The van der Waals surface area contributed by atoms with Gasteiger partial charge in [0.1, 0.15) is 5.75 Å². The van der Waals surface area contributed by atoms with Crippen molar-refractivity contribution < 1.29 is 14.0 Å². The third kappa shape index (κ3) is 1.25. The number of benzene rings is 2.